The number of nitrogens with one attached hydrogen (secondary N) is 1. The number of thioether (sulfide) groups is 1. The summed E-state index contributed by atoms with van der Waals surface area (Å²) in [5.74, 6) is 0.0384. The second kappa shape index (κ2) is 6.11. The molecular weight excluding hydrogens is 310 g/mol. The Morgan fingerprint density at radius 2 is 2.22 bits per heavy atom. The molecule has 0 heterocycles. The third-order valence-corrected chi connectivity index (χ3v) is 5.73. The Balaban J connectivity index is 2.10. The van der Waals surface area contributed by atoms with E-state index in [4.69, 9.17) is 0 Å². The largest absolute Gasteiger partial charge is 0.348 e. The van der Waals surface area contributed by atoms with E-state index in [-0.39, 0.29) is 5.91 Å². The maximum Gasteiger partial charge on any atom is 0.252 e. The van der Waals surface area contributed by atoms with Gasteiger partial charge in [0.05, 0.1) is 5.56 Å². The van der Waals surface area contributed by atoms with Crippen molar-refractivity contribution in [2.75, 3.05) is 6.26 Å². The third kappa shape index (κ3) is 2.91. The van der Waals surface area contributed by atoms with Gasteiger partial charge < -0.3 is 5.32 Å². The van der Waals surface area contributed by atoms with Crippen molar-refractivity contribution in [1.29, 1.82) is 0 Å². The SMILES string of the molecule is CSC1CCCC1NC(=O)c1cccc(C)c1Br. The fourth-order valence-corrected chi connectivity index (χ4v) is 3.82. The molecule has 2 rings (SSSR count). The lowest BCUT2D eigenvalue weighted by Crippen LogP contribution is -2.38. The summed E-state index contributed by atoms with van der Waals surface area (Å²) in [4.78, 5) is 12.3. The van der Waals surface area contributed by atoms with E-state index in [0.717, 1.165) is 22.0 Å². The Kier molecular flexibility index (Phi) is 4.73. The molecule has 1 fully saturated rings. The molecule has 1 N–H and O–H groups in total. The van der Waals surface area contributed by atoms with Crippen molar-refractivity contribution in [3.63, 3.8) is 0 Å². The van der Waals surface area contributed by atoms with Crippen LogP contribution in [0, 0.1) is 6.92 Å². The summed E-state index contributed by atoms with van der Waals surface area (Å²) in [6.45, 7) is 2.00. The van der Waals surface area contributed by atoms with E-state index in [1.165, 1.54) is 12.8 Å². The number of aryl methyl sites for hydroxylation is 1. The first-order valence-electron chi connectivity index (χ1n) is 6.22. The van der Waals surface area contributed by atoms with Crippen LogP contribution in [-0.2, 0) is 0 Å². The number of hydrogen-bond acceptors (Lipinski definition) is 2. The van der Waals surface area contributed by atoms with Crippen LogP contribution in [0.2, 0.25) is 0 Å². The Labute approximate surface area is 121 Å². The first kappa shape index (κ1) is 13.9. The number of rotatable bonds is 3. The number of carbonyl (C=O) groups is 1. The van der Waals surface area contributed by atoms with Crippen LogP contribution < -0.4 is 5.32 Å². The molecule has 0 bridgehead atoms. The standard InChI is InChI=1S/C14H18BrNOS/c1-9-5-3-6-10(13(9)15)14(17)16-11-7-4-8-12(11)18-2/h3,5-6,11-12H,4,7-8H2,1-2H3,(H,16,17). The zero-order chi connectivity index (χ0) is 13.1. The molecule has 2 nitrogen and oxygen atoms in total. The summed E-state index contributed by atoms with van der Waals surface area (Å²) >= 11 is 5.35. The molecule has 1 aliphatic carbocycles. The van der Waals surface area contributed by atoms with E-state index >= 15 is 0 Å². The highest BCUT2D eigenvalue weighted by molar-refractivity contribution is 9.10. The van der Waals surface area contributed by atoms with E-state index < -0.39 is 0 Å². The lowest BCUT2D eigenvalue weighted by molar-refractivity contribution is 0.0938. The van der Waals surface area contributed by atoms with Gasteiger partial charge in [0, 0.05) is 15.8 Å². The maximum atomic E-state index is 12.3. The second-order valence-corrected chi connectivity index (χ2v) is 6.59. The summed E-state index contributed by atoms with van der Waals surface area (Å²) in [7, 11) is 0. The number of carbonyl (C=O) groups excluding carboxylic acids is 1. The topological polar surface area (TPSA) is 29.1 Å². The highest BCUT2D eigenvalue weighted by Gasteiger charge is 2.28. The van der Waals surface area contributed by atoms with Gasteiger partial charge in [0.15, 0.2) is 0 Å². The average Bonchev–Trinajstić information content (AvgIpc) is 2.79. The predicted molar refractivity (Wildman–Crippen MR) is 81.3 cm³/mol. The quantitative estimate of drug-likeness (QED) is 0.915. The van der Waals surface area contributed by atoms with E-state index in [9.17, 15) is 4.79 Å². The van der Waals surface area contributed by atoms with Crippen LogP contribution in [-0.4, -0.2) is 23.5 Å². The highest BCUT2D eigenvalue weighted by Crippen LogP contribution is 2.29. The minimum Gasteiger partial charge on any atom is -0.348 e. The molecule has 98 valence electrons. The summed E-state index contributed by atoms with van der Waals surface area (Å²) in [5.41, 5.74) is 1.83. The van der Waals surface area contributed by atoms with Gasteiger partial charge in [-0.25, -0.2) is 0 Å². The fourth-order valence-electron chi connectivity index (χ4n) is 2.44. The highest BCUT2D eigenvalue weighted by atomic mass is 79.9. The number of hydrogen-bond donors (Lipinski definition) is 1. The summed E-state index contributed by atoms with van der Waals surface area (Å²) in [6, 6.07) is 6.12. The summed E-state index contributed by atoms with van der Waals surface area (Å²) in [6.07, 6.45) is 5.64. The van der Waals surface area contributed by atoms with Gasteiger partial charge in [-0.05, 0) is 53.6 Å². The Morgan fingerprint density at radius 3 is 2.94 bits per heavy atom. The van der Waals surface area contributed by atoms with Crippen molar-refractivity contribution < 1.29 is 4.79 Å². The van der Waals surface area contributed by atoms with Gasteiger partial charge in [0.1, 0.15) is 0 Å². The van der Waals surface area contributed by atoms with E-state index in [1.807, 2.05) is 36.9 Å². The van der Waals surface area contributed by atoms with Crippen molar-refractivity contribution in [2.24, 2.45) is 0 Å². The summed E-state index contributed by atoms with van der Waals surface area (Å²) in [5, 5.41) is 3.74. The van der Waals surface area contributed by atoms with Crippen molar-refractivity contribution in [2.45, 2.75) is 37.5 Å². The van der Waals surface area contributed by atoms with Gasteiger partial charge in [-0.2, -0.15) is 11.8 Å². The first-order valence-corrected chi connectivity index (χ1v) is 8.30. The molecule has 2 atom stereocenters. The lowest BCUT2D eigenvalue weighted by Gasteiger charge is -2.19. The molecule has 0 spiro atoms. The maximum absolute atomic E-state index is 12.3. The zero-order valence-electron chi connectivity index (χ0n) is 10.7. The van der Waals surface area contributed by atoms with E-state index in [1.54, 1.807) is 0 Å². The molecule has 0 aromatic heterocycles. The molecule has 2 unspecified atom stereocenters. The molecule has 0 aliphatic heterocycles. The lowest BCUT2D eigenvalue weighted by atomic mass is 10.1. The molecule has 1 aliphatic rings. The van der Waals surface area contributed by atoms with Gasteiger partial charge in [-0.15, -0.1) is 0 Å². The molecule has 4 heteroatoms. The number of amides is 1. The van der Waals surface area contributed by atoms with Crippen LogP contribution in [0.25, 0.3) is 0 Å². The van der Waals surface area contributed by atoms with Gasteiger partial charge >= 0.3 is 0 Å². The predicted octanol–water partition coefficient (Wildman–Crippen LogP) is 3.77. The van der Waals surface area contributed by atoms with Gasteiger partial charge in [0.2, 0.25) is 0 Å². The summed E-state index contributed by atoms with van der Waals surface area (Å²) < 4.78 is 0.904. The van der Waals surface area contributed by atoms with Crippen LogP contribution in [0.3, 0.4) is 0 Å². The van der Waals surface area contributed by atoms with Gasteiger partial charge in [-0.3, -0.25) is 4.79 Å². The molecule has 0 saturated heterocycles. The Bertz CT molecular complexity index is 449. The molecule has 18 heavy (non-hydrogen) atoms. The Morgan fingerprint density at radius 1 is 1.44 bits per heavy atom. The molecule has 1 amide bonds. The minimum absolute atomic E-state index is 0.0384. The van der Waals surface area contributed by atoms with Crippen LogP contribution in [0.5, 0.6) is 0 Å². The van der Waals surface area contributed by atoms with E-state index in [2.05, 4.69) is 27.5 Å². The number of halogens is 1. The van der Waals surface area contributed by atoms with Crippen LogP contribution >= 0.6 is 27.7 Å². The minimum atomic E-state index is 0.0384. The van der Waals surface area contributed by atoms with Crippen molar-refractivity contribution in [3.05, 3.63) is 33.8 Å². The molecule has 1 saturated carbocycles. The zero-order valence-corrected chi connectivity index (χ0v) is 13.1. The van der Waals surface area contributed by atoms with Crippen molar-refractivity contribution in [3.8, 4) is 0 Å². The average molecular weight is 328 g/mol. The van der Waals surface area contributed by atoms with Crippen molar-refractivity contribution >= 4 is 33.6 Å². The number of benzene rings is 1. The molecule has 1 aromatic rings. The van der Waals surface area contributed by atoms with Gasteiger partial charge in [0.25, 0.3) is 5.91 Å². The smallest absolute Gasteiger partial charge is 0.252 e. The molecule has 1 aromatic carbocycles. The second-order valence-electron chi connectivity index (χ2n) is 4.72. The van der Waals surface area contributed by atoms with E-state index in [0.29, 0.717) is 11.3 Å². The van der Waals surface area contributed by atoms with Crippen LogP contribution in [0.4, 0.5) is 0 Å². The fraction of sp³-hybridized carbons (Fsp3) is 0.500. The first-order chi connectivity index (χ1) is 8.63. The molecular formula is C14H18BrNOS. The normalized spacial score (nSPS) is 23.1. The van der Waals surface area contributed by atoms with Crippen LogP contribution in [0.1, 0.15) is 35.2 Å². The third-order valence-electron chi connectivity index (χ3n) is 3.51. The Hall–Kier alpha value is -0.480. The van der Waals surface area contributed by atoms with Gasteiger partial charge in [-0.1, -0.05) is 18.6 Å². The van der Waals surface area contributed by atoms with Crippen molar-refractivity contribution in [1.82, 2.24) is 5.32 Å². The van der Waals surface area contributed by atoms with Crippen LogP contribution in [0.15, 0.2) is 22.7 Å². The monoisotopic (exact) mass is 327 g/mol. The molecule has 0 radical (unpaired) electrons.